The van der Waals surface area contributed by atoms with Crippen molar-refractivity contribution in [2.45, 2.75) is 6.92 Å². The molecule has 0 N–H and O–H groups in total. The Morgan fingerprint density at radius 2 is 1.04 bits per heavy atom. The van der Waals surface area contributed by atoms with E-state index in [4.69, 9.17) is 0 Å². The molecule has 9 aromatic rings. The molecule has 0 bridgehead atoms. The van der Waals surface area contributed by atoms with Gasteiger partial charge in [0.2, 0.25) is 0 Å². The molecule has 0 saturated carbocycles. The quantitative estimate of drug-likeness (QED) is 0.121. The monoisotopic (exact) mass is 688 g/mol. The molecule has 0 amide bonds. The first-order chi connectivity index (χ1) is 26.7. The fourth-order valence-corrected chi connectivity index (χ4v) is 8.23. The van der Waals surface area contributed by atoms with Gasteiger partial charge in [0.1, 0.15) is 0 Å². The summed E-state index contributed by atoms with van der Waals surface area (Å²) in [6.45, 7) is 6.27. The van der Waals surface area contributed by atoms with Crippen LogP contribution in [0.5, 0.6) is 0 Å². The minimum Gasteiger partial charge on any atom is -0.310 e. The Morgan fingerprint density at radius 1 is 0.537 bits per heavy atom. The Morgan fingerprint density at radius 3 is 1.59 bits per heavy atom. The van der Waals surface area contributed by atoms with E-state index >= 15 is 0 Å². The molecule has 0 aliphatic heterocycles. The molecule has 8 aromatic carbocycles. The zero-order chi connectivity index (χ0) is 36.6. The van der Waals surface area contributed by atoms with Crippen LogP contribution >= 0.6 is 0 Å². The lowest BCUT2D eigenvalue weighted by Gasteiger charge is -2.20. The van der Waals surface area contributed by atoms with Crippen molar-refractivity contribution >= 4 is 54.6 Å². The van der Waals surface area contributed by atoms with E-state index in [2.05, 4.69) is 200 Å². The summed E-state index contributed by atoms with van der Waals surface area (Å²) in [6.07, 6.45) is 6.12. The highest BCUT2D eigenvalue weighted by Crippen LogP contribution is 2.46. The summed E-state index contributed by atoms with van der Waals surface area (Å²) in [5.41, 5.74) is 12.4. The van der Waals surface area contributed by atoms with Crippen LogP contribution in [0.15, 0.2) is 195 Å². The SMILES string of the molecule is C=C/C(=C\C(=C/C)n1c2ccccc2c2ccccc21)c1ccc(-c2ccccc2-c2c3ccccc3c(-c3ccccc3)c3ccccc23)cc1C#N. The lowest BCUT2D eigenvalue weighted by atomic mass is 9.83. The number of benzene rings is 8. The molecular weight excluding hydrogens is 653 g/mol. The van der Waals surface area contributed by atoms with Gasteiger partial charge < -0.3 is 4.57 Å². The van der Waals surface area contributed by atoms with E-state index in [1.54, 1.807) is 0 Å². The van der Waals surface area contributed by atoms with Gasteiger partial charge in [0.25, 0.3) is 0 Å². The fourth-order valence-electron chi connectivity index (χ4n) is 8.23. The summed E-state index contributed by atoms with van der Waals surface area (Å²) in [7, 11) is 0. The highest BCUT2D eigenvalue weighted by Gasteiger charge is 2.20. The normalized spacial score (nSPS) is 12.1. The molecule has 0 saturated heterocycles. The largest absolute Gasteiger partial charge is 0.310 e. The zero-order valence-electron chi connectivity index (χ0n) is 30.0. The van der Waals surface area contributed by atoms with Gasteiger partial charge in [-0.05, 0) is 97.3 Å². The Bertz CT molecular complexity index is 2910. The predicted octanol–water partition coefficient (Wildman–Crippen LogP) is 14.1. The van der Waals surface area contributed by atoms with Crippen LogP contribution in [0, 0.1) is 11.3 Å². The number of hydrogen-bond acceptors (Lipinski definition) is 1. The second-order valence-corrected chi connectivity index (χ2v) is 13.5. The standard InChI is InChI=1S/C52H36N2/c1-3-35(33-39(4-2)54-49-28-16-14-21-42(49)43-22-15-17-29-50(43)54)40-31-30-37(32-38(40)34-53)41-20-8-9-23-44(41)52-47-26-12-10-24-45(47)51(36-18-6-5-7-19-36)46-25-11-13-27-48(46)52/h3-33H,1H2,2H3/b35-33+,39-4+. The molecular formula is C52H36N2. The van der Waals surface area contributed by atoms with Crippen LogP contribution in [0.2, 0.25) is 0 Å². The third-order valence-electron chi connectivity index (χ3n) is 10.6. The molecule has 0 spiro atoms. The van der Waals surface area contributed by atoms with Crippen molar-refractivity contribution in [3.8, 4) is 39.4 Å². The first kappa shape index (κ1) is 32.7. The van der Waals surface area contributed by atoms with Crippen molar-refractivity contribution in [1.82, 2.24) is 4.57 Å². The summed E-state index contributed by atoms with van der Waals surface area (Å²) in [4.78, 5) is 0. The second kappa shape index (κ2) is 13.7. The van der Waals surface area contributed by atoms with E-state index in [0.717, 1.165) is 44.6 Å². The smallest absolute Gasteiger partial charge is 0.0998 e. The molecule has 0 atom stereocenters. The van der Waals surface area contributed by atoms with Crippen molar-refractivity contribution in [3.63, 3.8) is 0 Å². The molecule has 0 fully saturated rings. The summed E-state index contributed by atoms with van der Waals surface area (Å²) in [6, 6.07) is 62.5. The summed E-state index contributed by atoms with van der Waals surface area (Å²) < 4.78 is 2.29. The average Bonchev–Trinajstić information content (AvgIpc) is 3.57. The predicted molar refractivity (Wildman–Crippen MR) is 230 cm³/mol. The van der Waals surface area contributed by atoms with Gasteiger partial charge in [-0.25, -0.2) is 0 Å². The van der Waals surface area contributed by atoms with Gasteiger partial charge in [0.05, 0.1) is 22.7 Å². The maximum Gasteiger partial charge on any atom is 0.0998 e. The van der Waals surface area contributed by atoms with Gasteiger partial charge in [-0.2, -0.15) is 5.26 Å². The molecule has 0 unspecified atom stereocenters. The Hall–Kier alpha value is -7.21. The van der Waals surface area contributed by atoms with E-state index < -0.39 is 0 Å². The Kier molecular flexibility index (Phi) is 8.31. The third kappa shape index (κ3) is 5.34. The zero-order valence-corrected chi connectivity index (χ0v) is 30.0. The second-order valence-electron chi connectivity index (χ2n) is 13.5. The Balaban J connectivity index is 1.20. The van der Waals surface area contributed by atoms with Gasteiger partial charge in [-0.1, -0.05) is 170 Å². The van der Waals surface area contributed by atoms with Crippen LogP contribution < -0.4 is 0 Å². The first-order valence-corrected chi connectivity index (χ1v) is 18.3. The highest BCUT2D eigenvalue weighted by atomic mass is 15.0. The number of nitriles is 1. The van der Waals surface area contributed by atoms with Crippen LogP contribution in [0.4, 0.5) is 0 Å². The molecule has 0 radical (unpaired) electrons. The number of para-hydroxylation sites is 2. The fraction of sp³-hybridized carbons (Fsp3) is 0.0192. The van der Waals surface area contributed by atoms with Crippen LogP contribution in [-0.2, 0) is 0 Å². The molecule has 2 heteroatoms. The third-order valence-corrected chi connectivity index (χ3v) is 10.6. The van der Waals surface area contributed by atoms with E-state index in [0.29, 0.717) is 5.56 Å². The lowest BCUT2D eigenvalue weighted by Crippen LogP contribution is -1.97. The summed E-state index contributed by atoms with van der Waals surface area (Å²) >= 11 is 0. The van der Waals surface area contributed by atoms with E-state index in [1.165, 1.54) is 49.0 Å². The van der Waals surface area contributed by atoms with E-state index in [1.807, 2.05) is 12.1 Å². The van der Waals surface area contributed by atoms with Crippen LogP contribution in [0.25, 0.3) is 88.0 Å². The molecule has 0 aliphatic carbocycles. The maximum atomic E-state index is 10.7. The highest BCUT2D eigenvalue weighted by molar-refractivity contribution is 6.22. The minimum atomic E-state index is 0.597. The van der Waals surface area contributed by atoms with Gasteiger partial charge in [0, 0.05) is 16.5 Å². The van der Waals surface area contributed by atoms with Crippen LogP contribution in [0.1, 0.15) is 18.1 Å². The van der Waals surface area contributed by atoms with Crippen molar-refractivity contribution in [1.29, 1.82) is 5.26 Å². The number of aromatic nitrogens is 1. The van der Waals surface area contributed by atoms with Gasteiger partial charge in [-0.3, -0.25) is 0 Å². The molecule has 254 valence electrons. The van der Waals surface area contributed by atoms with E-state index in [9.17, 15) is 5.26 Å². The Labute approximate surface area is 315 Å². The summed E-state index contributed by atoms with van der Waals surface area (Å²) in [5, 5.41) is 17.9. The molecule has 1 heterocycles. The lowest BCUT2D eigenvalue weighted by molar-refractivity contribution is 1.23. The number of hydrogen-bond donors (Lipinski definition) is 0. The number of allylic oxidation sites excluding steroid dienone is 5. The van der Waals surface area contributed by atoms with Crippen molar-refractivity contribution < 1.29 is 0 Å². The van der Waals surface area contributed by atoms with Crippen molar-refractivity contribution in [3.05, 3.63) is 206 Å². The average molecular weight is 689 g/mol. The van der Waals surface area contributed by atoms with Gasteiger partial charge in [0.15, 0.2) is 0 Å². The van der Waals surface area contributed by atoms with Crippen molar-refractivity contribution in [2.75, 3.05) is 0 Å². The first-order valence-electron chi connectivity index (χ1n) is 18.3. The molecule has 54 heavy (non-hydrogen) atoms. The van der Waals surface area contributed by atoms with Crippen molar-refractivity contribution in [2.24, 2.45) is 0 Å². The summed E-state index contributed by atoms with van der Waals surface area (Å²) in [5.74, 6) is 0. The molecule has 1 aromatic heterocycles. The number of fused-ring (bicyclic) bond motifs is 5. The molecule has 0 aliphatic rings. The topological polar surface area (TPSA) is 28.7 Å². The minimum absolute atomic E-state index is 0.597. The van der Waals surface area contributed by atoms with Gasteiger partial charge in [-0.15, -0.1) is 0 Å². The number of nitrogens with zero attached hydrogens (tertiary/aromatic N) is 2. The van der Waals surface area contributed by atoms with Crippen LogP contribution in [0.3, 0.4) is 0 Å². The van der Waals surface area contributed by atoms with E-state index in [-0.39, 0.29) is 0 Å². The van der Waals surface area contributed by atoms with Crippen LogP contribution in [-0.4, -0.2) is 4.57 Å². The molecule has 2 nitrogen and oxygen atoms in total. The maximum absolute atomic E-state index is 10.7. The van der Waals surface area contributed by atoms with Gasteiger partial charge >= 0.3 is 0 Å². The number of rotatable bonds is 7. The molecule has 9 rings (SSSR count).